The molecule has 0 aliphatic carbocycles. The summed E-state index contributed by atoms with van der Waals surface area (Å²) in [7, 11) is 0. The number of carbonyl (C=O) groups excluding carboxylic acids is 1. The second kappa shape index (κ2) is 8.17. The van der Waals surface area contributed by atoms with Crippen LogP contribution in [0.2, 0.25) is 0 Å². The van der Waals surface area contributed by atoms with Crippen molar-refractivity contribution in [3.05, 3.63) is 59.1 Å². The summed E-state index contributed by atoms with van der Waals surface area (Å²) in [6.07, 6.45) is -4.59. The van der Waals surface area contributed by atoms with Crippen LogP contribution < -0.4 is 0 Å². The van der Waals surface area contributed by atoms with Gasteiger partial charge in [0.15, 0.2) is 5.69 Å². The van der Waals surface area contributed by atoms with Crippen molar-refractivity contribution in [2.45, 2.75) is 6.18 Å². The zero-order valence-electron chi connectivity index (χ0n) is 14.7. The number of hydrogen-bond acceptors (Lipinski definition) is 5. The minimum Gasteiger partial charge on any atom is -0.312 e. The molecule has 3 rings (SSSR count). The van der Waals surface area contributed by atoms with Crippen molar-refractivity contribution >= 4 is 17.2 Å². The lowest BCUT2D eigenvalue weighted by atomic mass is 10.1. The van der Waals surface area contributed by atoms with E-state index >= 15 is 0 Å². The van der Waals surface area contributed by atoms with Gasteiger partial charge in [-0.2, -0.15) is 28.8 Å². The lowest BCUT2D eigenvalue weighted by Crippen LogP contribution is -2.31. The number of nitrogens with zero attached hydrogens (tertiary/aromatic N) is 5. The Morgan fingerprint density at radius 2 is 1.79 bits per heavy atom. The molecular weight excluding hydrogens is 403 g/mol. The normalized spacial score (nSPS) is 10.9. The largest absolute Gasteiger partial charge is 0.435 e. The first kappa shape index (κ1) is 20.1. The summed E-state index contributed by atoms with van der Waals surface area (Å²) < 4.78 is 40.7. The molecule has 0 bridgehead atoms. The van der Waals surface area contributed by atoms with Gasteiger partial charge in [0.1, 0.15) is 13.1 Å². The Balaban J connectivity index is 1.98. The van der Waals surface area contributed by atoms with Gasteiger partial charge in [0.2, 0.25) is 0 Å². The minimum atomic E-state index is -4.59. The summed E-state index contributed by atoms with van der Waals surface area (Å²) in [6.45, 7) is -0.491. The highest BCUT2D eigenvalue weighted by atomic mass is 32.1. The molecule has 0 N–H and O–H groups in total. The third-order valence-electron chi connectivity index (χ3n) is 3.94. The first-order valence-electron chi connectivity index (χ1n) is 8.20. The molecule has 0 spiro atoms. The number of nitriles is 2. The predicted molar refractivity (Wildman–Crippen MR) is 99.0 cm³/mol. The first-order chi connectivity index (χ1) is 13.8. The number of hydrogen-bond donors (Lipinski definition) is 0. The number of carbonyl (C=O) groups is 1. The zero-order chi connectivity index (χ0) is 21.0. The van der Waals surface area contributed by atoms with E-state index < -0.39 is 17.8 Å². The molecule has 3 aromatic rings. The number of alkyl halides is 3. The molecule has 1 aromatic carbocycles. The van der Waals surface area contributed by atoms with Crippen molar-refractivity contribution in [3.63, 3.8) is 0 Å². The molecule has 146 valence electrons. The summed E-state index contributed by atoms with van der Waals surface area (Å²) in [4.78, 5) is 14.1. The molecule has 0 atom stereocenters. The van der Waals surface area contributed by atoms with Crippen LogP contribution in [0.4, 0.5) is 13.2 Å². The second-order valence-electron chi connectivity index (χ2n) is 5.83. The summed E-state index contributed by atoms with van der Waals surface area (Å²) in [5.74, 6) is -0.519. The Labute approximate surface area is 167 Å². The van der Waals surface area contributed by atoms with Gasteiger partial charge in [0.25, 0.3) is 5.91 Å². The minimum absolute atomic E-state index is 0.208. The van der Waals surface area contributed by atoms with E-state index in [0.717, 1.165) is 11.0 Å². The molecule has 0 aliphatic heterocycles. The van der Waals surface area contributed by atoms with Gasteiger partial charge >= 0.3 is 6.18 Å². The maximum atomic E-state index is 13.2. The van der Waals surface area contributed by atoms with Crippen molar-refractivity contribution in [3.8, 4) is 28.4 Å². The van der Waals surface area contributed by atoms with Crippen molar-refractivity contribution < 1.29 is 18.0 Å². The van der Waals surface area contributed by atoms with E-state index in [1.165, 1.54) is 40.3 Å². The summed E-state index contributed by atoms with van der Waals surface area (Å²) in [6, 6.07) is 13.8. The fourth-order valence-electron chi connectivity index (χ4n) is 2.61. The molecule has 2 heterocycles. The molecule has 29 heavy (non-hydrogen) atoms. The fourth-order valence-corrected chi connectivity index (χ4v) is 3.34. The Morgan fingerprint density at radius 3 is 2.31 bits per heavy atom. The highest BCUT2D eigenvalue weighted by Gasteiger charge is 2.35. The SMILES string of the molecule is N#CCN(CC#N)C(=O)c1ccc(-n2nc(C(F)(F)F)cc2-c2cccs2)cc1. The Bertz CT molecular complexity index is 1070. The van der Waals surface area contributed by atoms with Crippen molar-refractivity contribution in [1.29, 1.82) is 10.5 Å². The Hall–Kier alpha value is -3.63. The van der Waals surface area contributed by atoms with Crippen molar-refractivity contribution in [2.24, 2.45) is 0 Å². The Kier molecular flexibility index (Phi) is 5.66. The molecule has 0 saturated heterocycles. The third kappa shape index (κ3) is 4.28. The molecule has 0 aliphatic rings. The van der Waals surface area contributed by atoms with Gasteiger partial charge in [-0.1, -0.05) is 6.07 Å². The molecular formula is C19H12F3N5OS. The molecule has 0 unspecified atom stereocenters. The highest BCUT2D eigenvalue weighted by molar-refractivity contribution is 7.13. The first-order valence-corrected chi connectivity index (χ1v) is 9.08. The molecule has 10 heteroatoms. The monoisotopic (exact) mass is 415 g/mol. The van der Waals surface area contributed by atoms with E-state index in [1.807, 2.05) is 12.1 Å². The van der Waals surface area contributed by atoms with Gasteiger partial charge in [0, 0.05) is 5.56 Å². The number of halogens is 3. The molecule has 2 aromatic heterocycles. The van der Waals surface area contributed by atoms with Crippen LogP contribution in [0.1, 0.15) is 16.1 Å². The van der Waals surface area contributed by atoms with Crippen molar-refractivity contribution in [2.75, 3.05) is 13.1 Å². The van der Waals surface area contributed by atoms with E-state index in [4.69, 9.17) is 10.5 Å². The molecule has 0 saturated carbocycles. The third-order valence-corrected chi connectivity index (χ3v) is 4.83. The van der Waals surface area contributed by atoms with Gasteiger partial charge < -0.3 is 4.90 Å². The number of amides is 1. The van der Waals surface area contributed by atoms with Crippen LogP contribution in [-0.4, -0.2) is 33.7 Å². The Morgan fingerprint density at radius 1 is 1.14 bits per heavy atom. The number of rotatable bonds is 5. The standard InChI is InChI=1S/C19H12F3N5OS/c20-19(21,22)17-12-15(16-2-1-11-29-16)27(25-17)14-5-3-13(4-6-14)18(28)26(9-7-23)10-8-24/h1-6,11-12H,9-10H2. The zero-order valence-corrected chi connectivity index (χ0v) is 15.5. The maximum absolute atomic E-state index is 13.2. The molecule has 1 amide bonds. The van der Waals surface area contributed by atoms with Crippen LogP contribution in [0, 0.1) is 22.7 Å². The number of benzene rings is 1. The smallest absolute Gasteiger partial charge is 0.312 e. The average molecular weight is 415 g/mol. The van der Waals surface area contributed by atoms with Crippen LogP contribution in [0.15, 0.2) is 47.8 Å². The topological polar surface area (TPSA) is 85.7 Å². The lowest BCUT2D eigenvalue weighted by molar-refractivity contribution is -0.141. The summed E-state index contributed by atoms with van der Waals surface area (Å²) in [5, 5.41) is 23.0. The van der Waals surface area contributed by atoms with E-state index in [1.54, 1.807) is 17.5 Å². The van der Waals surface area contributed by atoms with Crippen LogP contribution in [0.3, 0.4) is 0 Å². The van der Waals surface area contributed by atoms with E-state index in [9.17, 15) is 18.0 Å². The highest BCUT2D eigenvalue weighted by Crippen LogP contribution is 2.34. The fraction of sp³-hybridized carbons (Fsp3) is 0.158. The van der Waals surface area contributed by atoms with Crippen LogP contribution in [0.5, 0.6) is 0 Å². The molecule has 0 radical (unpaired) electrons. The quantitative estimate of drug-likeness (QED) is 0.587. The van der Waals surface area contributed by atoms with E-state index in [2.05, 4.69) is 5.10 Å². The molecule has 6 nitrogen and oxygen atoms in total. The maximum Gasteiger partial charge on any atom is 0.435 e. The summed E-state index contributed by atoms with van der Waals surface area (Å²) >= 11 is 1.28. The number of thiophene rings is 1. The lowest BCUT2D eigenvalue weighted by Gasteiger charge is -2.16. The van der Waals surface area contributed by atoms with Crippen LogP contribution in [0.25, 0.3) is 16.3 Å². The van der Waals surface area contributed by atoms with E-state index in [-0.39, 0.29) is 24.3 Å². The van der Waals surface area contributed by atoms with Gasteiger partial charge in [0.05, 0.1) is 28.4 Å². The molecule has 0 fully saturated rings. The second-order valence-corrected chi connectivity index (χ2v) is 6.77. The van der Waals surface area contributed by atoms with Gasteiger partial charge in [-0.05, 0) is 41.8 Å². The van der Waals surface area contributed by atoms with Gasteiger partial charge in [-0.25, -0.2) is 4.68 Å². The average Bonchev–Trinajstić information content (AvgIpc) is 3.36. The van der Waals surface area contributed by atoms with E-state index in [0.29, 0.717) is 10.6 Å². The van der Waals surface area contributed by atoms with Gasteiger partial charge in [-0.15, -0.1) is 11.3 Å². The van der Waals surface area contributed by atoms with Crippen LogP contribution in [-0.2, 0) is 6.18 Å². The van der Waals surface area contributed by atoms with Crippen LogP contribution >= 0.6 is 11.3 Å². The summed E-state index contributed by atoms with van der Waals surface area (Å²) in [5.41, 5.74) is -0.190. The van der Waals surface area contributed by atoms with Crippen molar-refractivity contribution in [1.82, 2.24) is 14.7 Å². The number of aromatic nitrogens is 2. The van der Waals surface area contributed by atoms with Gasteiger partial charge in [-0.3, -0.25) is 4.79 Å². The predicted octanol–water partition coefficient (Wildman–Crippen LogP) is 4.11.